The van der Waals surface area contributed by atoms with E-state index in [4.69, 9.17) is 9.16 Å². The van der Waals surface area contributed by atoms with Crippen molar-refractivity contribution >= 4 is 27.0 Å². The zero-order chi connectivity index (χ0) is 16.2. The second-order valence-corrected chi connectivity index (χ2v) is 12.7. The van der Waals surface area contributed by atoms with Gasteiger partial charge < -0.3 is 14.5 Å². The first-order valence-corrected chi connectivity index (χ1v) is 10.6. The monoisotopic (exact) mass is 321 g/mol. The van der Waals surface area contributed by atoms with Gasteiger partial charge in [-0.2, -0.15) is 12.6 Å². The van der Waals surface area contributed by atoms with Gasteiger partial charge >= 0.3 is 6.09 Å². The molecule has 0 aromatic carbocycles. The summed E-state index contributed by atoms with van der Waals surface area (Å²) >= 11 is 4.32. The van der Waals surface area contributed by atoms with Gasteiger partial charge in [0.25, 0.3) is 0 Å². The average molecular weight is 322 g/mol. The number of ether oxygens (including phenoxy) is 1. The molecule has 0 saturated heterocycles. The van der Waals surface area contributed by atoms with Crippen molar-refractivity contribution in [3.05, 3.63) is 0 Å². The van der Waals surface area contributed by atoms with E-state index in [1.54, 1.807) is 0 Å². The second kappa shape index (κ2) is 7.18. The Morgan fingerprint density at radius 1 is 1.20 bits per heavy atom. The van der Waals surface area contributed by atoms with Gasteiger partial charge in [0.1, 0.15) is 5.60 Å². The smallest absolute Gasteiger partial charge is 0.407 e. The number of carbonyl (C=O) groups is 1. The number of carbonyl (C=O) groups excluding carboxylic acids is 1. The topological polar surface area (TPSA) is 47.6 Å². The van der Waals surface area contributed by atoms with Gasteiger partial charge in [-0.25, -0.2) is 4.79 Å². The van der Waals surface area contributed by atoms with Gasteiger partial charge in [-0.3, -0.25) is 0 Å². The number of amides is 1. The molecule has 1 N–H and O–H groups in total. The van der Waals surface area contributed by atoms with Crippen molar-refractivity contribution in [1.82, 2.24) is 5.32 Å². The Balaban J connectivity index is 4.41. The third-order valence-electron chi connectivity index (χ3n) is 3.34. The van der Waals surface area contributed by atoms with E-state index in [0.717, 1.165) is 0 Å². The van der Waals surface area contributed by atoms with E-state index < -0.39 is 20.0 Å². The normalized spacial score (nSPS) is 14.8. The van der Waals surface area contributed by atoms with Gasteiger partial charge in [0, 0.05) is 12.3 Å². The highest BCUT2D eigenvalue weighted by atomic mass is 32.1. The fourth-order valence-electron chi connectivity index (χ4n) is 1.25. The van der Waals surface area contributed by atoms with E-state index >= 15 is 0 Å². The predicted molar refractivity (Wildman–Crippen MR) is 90.2 cm³/mol. The summed E-state index contributed by atoms with van der Waals surface area (Å²) in [5, 5.41) is 2.89. The van der Waals surface area contributed by atoms with Crippen LogP contribution in [0.25, 0.3) is 0 Å². The molecule has 0 aliphatic rings. The minimum absolute atomic E-state index is 0.0910. The molecule has 0 rings (SSSR count). The third-order valence-corrected chi connectivity index (χ3v) is 8.29. The molecule has 0 aliphatic carbocycles. The van der Waals surface area contributed by atoms with Crippen molar-refractivity contribution in [1.29, 1.82) is 0 Å². The van der Waals surface area contributed by atoms with Crippen molar-refractivity contribution < 1.29 is 14.0 Å². The maximum Gasteiger partial charge on any atom is 0.407 e. The number of thiol groups is 1. The summed E-state index contributed by atoms with van der Waals surface area (Å²) in [6.07, 6.45) is -0.505. The number of hydrogen-bond acceptors (Lipinski definition) is 4. The van der Waals surface area contributed by atoms with Crippen LogP contribution in [0, 0.1) is 0 Å². The van der Waals surface area contributed by atoms with E-state index in [1.807, 2.05) is 20.8 Å². The Morgan fingerprint density at radius 3 is 2.05 bits per heavy atom. The summed E-state index contributed by atoms with van der Waals surface area (Å²) in [6.45, 7) is 16.9. The first-order chi connectivity index (χ1) is 8.78. The lowest BCUT2D eigenvalue weighted by atomic mass is 10.2. The zero-order valence-electron chi connectivity index (χ0n) is 14.2. The van der Waals surface area contributed by atoms with Gasteiger partial charge in [0.05, 0.1) is 6.10 Å². The summed E-state index contributed by atoms with van der Waals surface area (Å²) in [7, 11) is -1.85. The number of nitrogens with one attached hydrogen (secondary N) is 1. The molecule has 120 valence electrons. The maximum absolute atomic E-state index is 11.6. The van der Waals surface area contributed by atoms with Crippen molar-refractivity contribution in [3.63, 3.8) is 0 Å². The van der Waals surface area contributed by atoms with Crippen molar-refractivity contribution in [3.8, 4) is 0 Å². The second-order valence-electron chi connectivity index (χ2n) is 7.57. The molecule has 0 aromatic heterocycles. The molecule has 0 aromatic rings. The molecular formula is C14H31NO3SSi. The molecule has 4 nitrogen and oxygen atoms in total. The lowest BCUT2D eigenvalue weighted by Gasteiger charge is -2.39. The molecule has 0 saturated carbocycles. The third kappa shape index (κ3) is 7.55. The largest absolute Gasteiger partial charge is 0.444 e. The quantitative estimate of drug-likeness (QED) is 0.597. The van der Waals surface area contributed by atoms with Crippen LogP contribution in [-0.2, 0) is 9.16 Å². The van der Waals surface area contributed by atoms with E-state index in [9.17, 15) is 4.79 Å². The van der Waals surface area contributed by atoms with Gasteiger partial charge in [-0.15, -0.1) is 0 Å². The lowest BCUT2D eigenvalue weighted by molar-refractivity contribution is 0.0503. The Labute approximate surface area is 130 Å². The van der Waals surface area contributed by atoms with Crippen LogP contribution in [0.1, 0.15) is 41.5 Å². The maximum atomic E-state index is 11.6. The summed E-state index contributed by atoms with van der Waals surface area (Å²) in [5.41, 5.74) is -0.485. The van der Waals surface area contributed by atoms with Gasteiger partial charge in [-0.1, -0.05) is 20.8 Å². The van der Waals surface area contributed by atoms with Crippen LogP contribution in [0.15, 0.2) is 0 Å². The Kier molecular flexibility index (Phi) is 7.11. The van der Waals surface area contributed by atoms with E-state index in [2.05, 4.69) is 51.8 Å². The summed E-state index contributed by atoms with van der Waals surface area (Å²) in [4.78, 5) is 11.6. The fraction of sp³-hybridized carbons (Fsp3) is 0.929. The van der Waals surface area contributed by atoms with E-state index in [-0.39, 0.29) is 11.1 Å². The van der Waals surface area contributed by atoms with Crippen molar-refractivity contribution in [2.24, 2.45) is 0 Å². The van der Waals surface area contributed by atoms with Crippen molar-refractivity contribution in [2.45, 2.75) is 71.4 Å². The number of hydrogen-bond donors (Lipinski definition) is 2. The molecule has 1 amide bonds. The van der Waals surface area contributed by atoms with Gasteiger partial charge in [0.15, 0.2) is 8.32 Å². The Morgan fingerprint density at radius 2 is 1.70 bits per heavy atom. The minimum atomic E-state index is -1.85. The molecule has 6 heteroatoms. The molecule has 1 atom stereocenters. The zero-order valence-corrected chi connectivity index (χ0v) is 16.1. The molecule has 0 radical (unpaired) electrons. The van der Waals surface area contributed by atoms with Gasteiger partial charge in [-0.05, 0) is 38.9 Å². The molecular weight excluding hydrogens is 290 g/mol. The van der Waals surface area contributed by atoms with Crippen LogP contribution < -0.4 is 5.32 Å². The number of alkyl carbamates (subject to hydrolysis) is 1. The summed E-state index contributed by atoms with van der Waals surface area (Å²) in [5.74, 6) is 0.572. The highest BCUT2D eigenvalue weighted by Gasteiger charge is 2.39. The highest BCUT2D eigenvalue weighted by molar-refractivity contribution is 7.80. The van der Waals surface area contributed by atoms with E-state index in [0.29, 0.717) is 12.3 Å². The standard InChI is InChI=1S/C14H31NO3SSi/c1-13(2,3)17-12(16)15-9-11(10-19)18-20(7,8)14(4,5)6/h11,19H,9-10H2,1-8H3,(H,15,16)/t11-/m1/s1. The van der Waals surface area contributed by atoms with Crippen LogP contribution in [0.2, 0.25) is 18.1 Å². The molecule has 0 fully saturated rings. The SMILES string of the molecule is CC(C)(C)OC(=O)NC[C@H](CS)O[Si](C)(C)C(C)(C)C. The van der Waals surface area contributed by atoms with Crippen LogP contribution in [-0.4, -0.2) is 38.4 Å². The lowest BCUT2D eigenvalue weighted by Crippen LogP contribution is -2.48. The highest BCUT2D eigenvalue weighted by Crippen LogP contribution is 2.37. The first-order valence-electron chi connectivity index (χ1n) is 7.04. The van der Waals surface area contributed by atoms with Crippen LogP contribution >= 0.6 is 12.6 Å². The molecule has 0 aliphatic heterocycles. The van der Waals surface area contributed by atoms with Gasteiger partial charge in [0.2, 0.25) is 0 Å². The first kappa shape index (κ1) is 19.8. The van der Waals surface area contributed by atoms with E-state index in [1.165, 1.54) is 0 Å². The molecule has 0 bridgehead atoms. The van der Waals surface area contributed by atoms with Crippen LogP contribution in [0.5, 0.6) is 0 Å². The van der Waals surface area contributed by atoms with Crippen LogP contribution in [0.3, 0.4) is 0 Å². The number of rotatable bonds is 5. The molecule has 0 heterocycles. The average Bonchev–Trinajstić information content (AvgIpc) is 2.19. The molecule has 0 spiro atoms. The Bertz CT molecular complexity index is 321. The summed E-state index contributed by atoms with van der Waals surface area (Å²) in [6, 6.07) is 0. The summed E-state index contributed by atoms with van der Waals surface area (Å²) < 4.78 is 11.4. The van der Waals surface area contributed by atoms with Crippen LogP contribution in [0.4, 0.5) is 4.79 Å². The fourth-order valence-corrected chi connectivity index (χ4v) is 2.95. The molecule has 20 heavy (non-hydrogen) atoms. The minimum Gasteiger partial charge on any atom is -0.444 e. The predicted octanol–water partition coefficient (Wildman–Crippen LogP) is 3.83. The van der Waals surface area contributed by atoms with Crippen molar-refractivity contribution in [2.75, 3.05) is 12.3 Å². The molecule has 0 unspecified atom stereocenters. The Hall–Kier alpha value is -0.203.